The summed E-state index contributed by atoms with van der Waals surface area (Å²) in [6.45, 7) is 5.94. The summed E-state index contributed by atoms with van der Waals surface area (Å²) < 4.78 is 4.71. The molecule has 0 aliphatic heterocycles. The summed E-state index contributed by atoms with van der Waals surface area (Å²) in [5.74, 6) is -8.61. The molecule has 2 atom stereocenters. The quantitative estimate of drug-likeness (QED) is 0.0480. The first-order valence-electron chi connectivity index (χ1n) is 11.0. The monoisotopic (exact) mass is 542 g/mol. The van der Waals surface area contributed by atoms with Gasteiger partial charge in [-0.2, -0.15) is 0 Å². The van der Waals surface area contributed by atoms with Crippen LogP contribution < -0.4 is 21.3 Å². The van der Waals surface area contributed by atoms with E-state index >= 15 is 0 Å². The Morgan fingerprint density at radius 2 is 1.03 bits per heavy atom. The van der Waals surface area contributed by atoms with Crippen LogP contribution in [0.1, 0.15) is 25.7 Å². The fraction of sp³-hybridized carbons (Fsp3) is 0.455. The third-order valence-electron chi connectivity index (χ3n) is 4.68. The minimum atomic E-state index is -1.60. The molecule has 0 aromatic carbocycles. The van der Waals surface area contributed by atoms with Gasteiger partial charge in [0.25, 0.3) is 6.47 Å². The van der Waals surface area contributed by atoms with Crippen LogP contribution in [0.2, 0.25) is 0 Å². The SMILES string of the molecule is C=C(CC(=O)NCCNC(=O)CC(OC=O)C(CC(=O)NCCNC(=O)CC(=C)C(=O)O)C(=O)O)C(=O)O. The van der Waals surface area contributed by atoms with Gasteiger partial charge in [0, 0.05) is 43.7 Å². The lowest BCUT2D eigenvalue weighted by Gasteiger charge is -2.22. The normalized spacial score (nSPS) is 11.6. The van der Waals surface area contributed by atoms with Gasteiger partial charge in [-0.15, -0.1) is 0 Å². The lowest BCUT2D eigenvalue weighted by atomic mass is 9.95. The molecule has 16 heteroatoms. The molecule has 0 aliphatic carbocycles. The van der Waals surface area contributed by atoms with Crippen LogP contribution in [0.5, 0.6) is 0 Å². The summed E-state index contributed by atoms with van der Waals surface area (Å²) >= 11 is 0. The van der Waals surface area contributed by atoms with Gasteiger partial charge in [-0.1, -0.05) is 13.2 Å². The molecule has 16 nitrogen and oxygen atoms in total. The second-order valence-corrected chi connectivity index (χ2v) is 7.69. The van der Waals surface area contributed by atoms with E-state index in [4.69, 9.17) is 14.9 Å². The van der Waals surface area contributed by atoms with Crippen molar-refractivity contribution in [3.8, 4) is 0 Å². The van der Waals surface area contributed by atoms with E-state index in [1.807, 2.05) is 0 Å². The van der Waals surface area contributed by atoms with E-state index in [9.17, 15) is 43.5 Å². The van der Waals surface area contributed by atoms with E-state index in [2.05, 4.69) is 34.4 Å². The molecule has 0 bridgehead atoms. The van der Waals surface area contributed by atoms with Gasteiger partial charge in [0.1, 0.15) is 12.0 Å². The van der Waals surface area contributed by atoms with Crippen LogP contribution in [0.3, 0.4) is 0 Å². The van der Waals surface area contributed by atoms with Crippen molar-refractivity contribution in [3.63, 3.8) is 0 Å². The summed E-state index contributed by atoms with van der Waals surface area (Å²) in [5.41, 5.74) is -0.649. The number of amides is 4. The largest absolute Gasteiger partial charge is 0.481 e. The fourth-order valence-electron chi connectivity index (χ4n) is 2.73. The van der Waals surface area contributed by atoms with Gasteiger partial charge in [-0.05, 0) is 0 Å². The Balaban J connectivity index is 4.65. The predicted octanol–water partition coefficient (Wildman–Crippen LogP) is -2.46. The molecule has 0 saturated heterocycles. The number of carboxylic acids is 3. The average Bonchev–Trinajstić information content (AvgIpc) is 2.82. The van der Waals surface area contributed by atoms with Crippen molar-refractivity contribution >= 4 is 48.0 Å². The van der Waals surface area contributed by atoms with Crippen LogP contribution in [-0.4, -0.2) is 95.6 Å². The summed E-state index contributed by atoms with van der Waals surface area (Å²) in [6, 6.07) is 0. The number of rotatable bonds is 20. The van der Waals surface area contributed by atoms with Crippen LogP contribution in [-0.2, 0) is 43.1 Å². The van der Waals surface area contributed by atoms with Crippen molar-refractivity contribution in [1.82, 2.24) is 21.3 Å². The number of carboxylic acid groups (broad SMARTS) is 3. The van der Waals surface area contributed by atoms with E-state index in [0.29, 0.717) is 0 Å². The molecule has 0 radical (unpaired) electrons. The maximum absolute atomic E-state index is 12.2. The Labute approximate surface area is 216 Å². The van der Waals surface area contributed by atoms with Crippen molar-refractivity contribution in [2.45, 2.75) is 31.8 Å². The molecule has 0 fully saturated rings. The molecule has 210 valence electrons. The second kappa shape index (κ2) is 17.6. The summed E-state index contributed by atoms with van der Waals surface area (Å²) in [7, 11) is 0. The van der Waals surface area contributed by atoms with Gasteiger partial charge in [-0.25, -0.2) is 9.59 Å². The highest BCUT2D eigenvalue weighted by atomic mass is 16.5. The minimum Gasteiger partial charge on any atom is -0.481 e. The molecule has 0 heterocycles. The maximum Gasteiger partial charge on any atom is 0.331 e. The summed E-state index contributed by atoms with van der Waals surface area (Å²) in [5, 5.41) is 36.2. The zero-order valence-electron chi connectivity index (χ0n) is 20.3. The minimum absolute atomic E-state index is 0.0676. The number of hydrogen-bond donors (Lipinski definition) is 7. The topological polar surface area (TPSA) is 255 Å². The average molecular weight is 542 g/mol. The molecular weight excluding hydrogens is 512 g/mol. The van der Waals surface area contributed by atoms with E-state index in [0.717, 1.165) is 0 Å². The molecule has 0 rings (SSSR count). The Bertz CT molecular complexity index is 962. The number of hydrogen-bond acceptors (Lipinski definition) is 9. The van der Waals surface area contributed by atoms with Gasteiger partial charge in [0.2, 0.25) is 23.6 Å². The van der Waals surface area contributed by atoms with Crippen molar-refractivity contribution < 1.29 is 58.4 Å². The first kappa shape index (κ1) is 33.2. The smallest absolute Gasteiger partial charge is 0.331 e. The molecule has 2 unspecified atom stereocenters. The van der Waals surface area contributed by atoms with Gasteiger partial charge in [-0.3, -0.25) is 28.8 Å². The third-order valence-corrected chi connectivity index (χ3v) is 4.68. The summed E-state index contributed by atoms with van der Waals surface area (Å²) in [6.07, 6.45) is -3.70. The van der Waals surface area contributed by atoms with Crippen LogP contribution in [0.25, 0.3) is 0 Å². The Morgan fingerprint density at radius 1 is 0.658 bits per heavy atom. The van der Waals surface area contributed by atoms with Crippen molar-refractivity contribution in [2.24, 2.45) is 5.92 Å². The van der Waals surface area contributed by atoms with E-state index < -0.39 is 79.2 Å². The van der Waals surface area contributed by atoms with Crippen LogP contribution >= 0.6 is 0 Å². The van der Waals surface area contributed by atoms with Crippen molar-refractivity contribution in [2.75, 3.05) is 26.2 Å². The Hall–Kier alpha value is -4.76. The molecular formula is C22H30N4O12. The predicted molar refractivity (Wildman–Crippen MR) is 126 cm³/mol. The first-order chi connectivity index (χ1) is 17.8. The first-order valence-corrected chi connectivity index (χ1v) is 11.0. The third kappa shape index (κ3) is 14.6. The lowest BCUT2D eigenvalue weighted by Crippen LogP contribution is -2.41. The molecule has 38 heavy (non-hydrogen) atoms. The zero-order valence-corrected chi connectivity index (χ0v) is 20.3. The Kier molecular flexibility index (Phi) is 15.4. The van der Waals surface area contributed by atoms with Crippen LogP contribution in [0.15, 0.2) is 24.3 Å². The van der Waals surface area contributed by atoms with Crippen LogP contribution in [0.4, 0.5) is 0 Å². The zero-order chi connectivity index (χ0) is 29.3. The highest BCUT2D eigenvalue weighted by molar-refractivity contribution is 5.94. The van der Waals surface area contributed by atoms with Gasteiger partial charge >= 0.3 is 17.9 Å². The number of ether oxygens (including phenoxy) is 1. The second-order valence-electron chi connectivity index (χ2n) is 7.69. The van der Waals surface area contributed by atoms with Gasteiger partial charge in [0.05, 0.1) is 19.3 Å². The molecule has 0 saturated carbocycles. The molecule has 7 N–H and O–H groups in total. The number of carbonyl (C=O) groups excluding carboxylic acids is 5. The van der Waals surface area contributed by atoms with E-state index in [-0.39, 0.29) is 43.8 Å². The maximum atomic E-state index is 12.2. The lowest BCUT2D eigenvalue weighted by molar-refractivity contribution is -0.155. The van der Waals surface area contributed by atoms with Crippen LogP contribution in [0, 0.1) is 5.92 Å². The standard InChI is InChI=1S/C22H30N4O12/c1-12(20(32)33)7-16(28)23-3-5-25-18(30)9-14(22(36)37)15(38-11-27)10-19(31)26-6-4-24-17(29)8-13(2)21(34)35/h11,14-15H,1-10H2,(H,23,28)(H,24,29)(H,25,30)(H,26,31)(H,32,33)(H,34,35)(H,36,37). The van der Waals surface area contributed by atoms with Gasteiger partial charge in [0.15, 0.2) is 0 Å². The molecule has 0 aromatic rings. The fourth-order valence-corrected chi connectivity index (χ4v) is 2.73. The number of carbonyl (C=O) groups is 8. The highest BCUT2D eigenvalue weighted by Crippen LogP contribution is 2.16. The number of nitrogens with one attached hydrogen (secondary N) is 4. The molecule has 4 amide bonds. The summed E-state index contributed by atoms with van der Waals surface area (Å²) in [4.78, 5) is 91.3. The molecule has 0 aromatic heterocycles. The van der Waals surface area contributed by atoms with E-state index in [1.165, 1.54) is 0 Å². The van der Waals surface area contributed by atoms with Crippen molar-refractivity contribution in [1.29, 1.82) is 0 Å². The number of aliphatic carboxylic acids is 3. The molecule has 0 spiro atoms. The van der Waals surface area contributed by atoms with E-state index in [1.54, 1.807) is 0 Å². The Morgan fingerprint density at radius 3 is 1.37 bits per heavy atom. The van der Waals surface area contributed by atoms with Crippen molar-refractivity contribution in [3.05, 3.63) is 24.3 Å². The van der Waals surface area contributed by atoms with Gasteiger partial charge < -0.3 is 41.3 Å². The molecule has 0 aliphatic rings. The highest BCUT2D eigenvalue weighted by Gasteiger charge is 2.33.